The predicted molar refractivity (Wildman–Crippen MR) is 160 cm³/mol. The highest BCUT2D eigenvalue weighted by molar-refractivity contribution is 8.02. The molecule has 1 fully saturated rings. The molecule has 0 spiro atoms. The summed E-state index contributed by atoms with van der Waals surface area (Å²) < 4.78 is 34.2. The second-order valence-electron chi connectivity index (χ2n) is 10.1. The first-order valence-electron chi connectivity index (χ1n) is 13.5. The van der Waals surface area contributed by atoms with Crippen LogP contribution in [0.25, 0.3) is 11.1 Å². The highest BCUT2D eigenvalue weighted by atomic mass is 32.2. The van der Waals surface area contributed by atoms with Crippen molar-refractivity contribution in [2.75, 3.05) is 25.9 Å². The van der Waals surface area contributed by atoms with Crippen molar-refractivity contribution in [3.63, 3.8) is 0 Å². The monoisotopic (exact) mass is 574 g/mol. The molecule has 0 radical (unpaired) electrons. The summed E-state index contributed by atoms with van der Waals surface area (Å²) in [6.45, 7) is 1.79. The van der Waals surface area contributed by atoms with Gasteiger partial charge in [0.15, 0.2) is 5.78 Å². The summed E-state index contributed by atoms with van der Waals surface area (Å²) in [6, 6.07) is 30.7. The van der Waals surface area contributed by atoms with Crippen molar-refractivity contribution in [1.82, 2.24) is 9.21 Å². The number of carbonyl (C=O) groups is 1. The molecule has 5 rings (SSSR count). The van der Waals surface area contributed by atoms with Crippen LogP contribution in [0.15, 0.2) is 113 Å². The molecule has 208 valence electrons. The predicted octanol–water partition coefficient (Wildman–Crippen LogP) is 6.28. The first-order valence-corrected chi connectivity index (χ1v) is 16.0. The number of carbonyl (C=O) groups excluding carboxylic acids is 1. The van der Waals surface area contributed by atoms with Gasteiger partial charge in [0.25, 0.3) is 0 Å². The zero-order valence-electron chi connectivity index (χ0n) is 22.6. The second-order valence-corrected chi connectivity index (χ2v) is 13.2. The average molecular weight is 575 g/mol. The summed E-state index contributed by atoms with van der Waals surface area (Å²) in [5.41, 5.74) is 3.07. The van der Waals surface area contributed by atoms with Crippen LogP contribution in [-0.2, 0) is 21.4 Å². The van der Waals surface area contributed by atoms with E-state index in [1.54, 1.807) is 18.4 Å². The molecule has 0 N–H and O–H groups in total. The van der Waals surface area contributed by atoms with Crippen molar-refractivity contribution in [3.8, 4) is 11.1 Å². The Bertz CT molecular complexity index is 1480. The zero-order valence-corrected chi connectivity index (χ0v) is 24.2. The third-order valence-electron chi connectivity index (χ3n) is 7.28. The zero-order chi connectivity index (χ0) is 28.0. The van der Waals surface area contributed by atoms with Gasteiger partial charge in [0.2, 0.25) is 10.0 Å². The molecule has 2 heterocycles. The Morgan fingerprint density at radius 3 is 2.30 bits per heavy atom. The maximum Gasteiger partial charge on any atom is 0.244 e. The number of hydrogen-bond donors (Lipinski definition) is 0. The Balaban J connectivity index is 1.29. The minimum Gasteiger partial charge on any atom is -0.468 e. The van der Waals surface area contributed by atoms with Crippen LogP contribution in [0.5, 0.6) is 0 Å². The average Bonchev–Trinajstić information content (AvgIpc) is 3.69. The Morgan fingerprint density at radius 1 is 0.950 bits per heavy atom. The second kappa shape index (κ2) is 13.0. The molecule has 40 heavy (non-hydrogen) atoms. The number of ketones is 1. The van der Waals surface area contributed by atoms with Gasteiger partial charge in [0, 0.05) is 18.7 Å². The first-order chi connectivity index (χ1) is 19.4. The van der Waals surface area contributed by atoms with Gasteiger partial charge in [0.05, 0.1) is 17.7 Å². The van der Waals surface area contributed by atoms with Crippen LogP contribution in [0, 0.1) is 0 Å². The normalized spacial score (nSPS) is 16.8. The van der Waals surface area contributed by atoms with Gasteiger partial charge in [0.1, 0.15) is 11.1 Å². The Labute approximate surface area is 241 Å². The molecule has 0 saturated carbocycles. The van der Waals surface area contributed by atoms with E-state index in [-0.39, 0.29) is 23.0 Å². The molecule has 0 bridgehead atoms. The fourth-order valence-electron chi connectivity index (χ4n) is 5.12. The van der Waals surface area contributed by atoms with Crippen LogP contribution >= 0.6 is 11.8 Å². The minimum absolute atomic E-state index is 0.0105. The van der Waals surface area contributed by atoms with Gasteiger partial charge in [-0.15, -0.1) is 11.8 Å². The topological polar surface area (TPSA) is 70.8 Å². The fraction of sp³-hybridized carbons (Fsp3) is 0.281. The Morgan fingerprint density at radius 2 is 1.62 bits per heavy atom. The number of hydrogen-bond acceptors (Lipinski definition) is 6. The molecule has 0 aliphatic carbocycles. The molecule has 8 heteroatoms. The largest absolute Gasteiger partial charge is 0.468 e. The van der Waals surface area contributed by atoms with Gasteiger partial charge in [-0.05, 0) is 66.9 Å². The third kappa shape index (κ3) is 6.75. The molecule has 0 unspecified atom stereocenters. The summed E-state index contributed by atoms with van der Waals surface area (Å²) >= 11 is 1.42. The van der Waals surface area contributed by atoms with Crippen molar-refractivity contribution < 1.29 is 17.6 Å². The maximum atomic E-state index is 13.7. The highest BCUT2D eigenvalue weighted by Gasteiger charge is 2.40. The van der Waals surface area contributed by atoms with Crippen molar-refractivity contribution in [3.05, 3.63) is 115 Å². The summed E-state index contributed by atoms with van der Waals surface area (Å²) in [7, 11) is -1.78. The number of nitrogens with zero attached hydrogens (tertiary/aromatic N) is 2. The molecule has 6 nitrogen and oxygen atoms in total. The summed E-state index contributed by atoms with van der Waals surface area (Å²) in [6.07, 6.45) is 2.73. The SMILES string of the molecule is CN(CC[C@H](CC(=O)[C@@H]1SCCN1S(=O)(=O)c1ccc(-c2ccccc2)cc1)c1ccccc1)Cc1ccco1. The van der Waals surface area contributed by atoms with Gasteiger partial charge < -0.3 is 4.42 Å². The molecule has 2 atom stereocenters. The Kier molecular flexibility index (Phi) is 9.22. The number of rotatable bonds is 12. The lowest BCUT2D eigenvalue weighted by molar-refractivity contribution is -0.120. The van der Waals surface area contributed by atoms with Crippen LogP contribution in [0.3, 0.4) is 0 Å². The fourth-order valence-corrected chi connectivity index (χ4v) is 8.29. The third-order valence-corrected chi connectivity index (χ3v) is 10.5. The van der Waals surface area contributed by atoms with Crippen LogP contribution in [0.1, 0.15) is 30.1 Å². The summed E-state index contributed by atoms with van der Waals surface area (Å²) in [5.74, 6) is 1.44. The molecular weight excluding hydrogens is 540 g/mol. The van der Waals surface area contributed by atoms with Gasteiger partial charge in [-0.25, -0.2) is 8.42 Å². The molecule has 4 aromatic rings. The van der Waals surface area contributed by atoms with Gasteiger partial charge in [-0.3, -0.25) is 9.69 Å². The number of Topliss-reactive ketones (excluding diaryl/α,β-unsaturated/α-hetero) is 1. The van der Waals surface area contributed by atoms with E-state index in [9.17, 15) is 13.2 Å². The quantitative estimate of drug-likeness (QED) is 0.199. The van der Waals surface area contributed by atoms with Crippen molar-refractivity contribution in [1.29, 1.82) is 0 Å². The number of furan rings is 1. The number of benzene rings is 3. The minimum atomic E-state index is -3.81. The molecule has 1 aliphatic rings. The summed E-state index contributed by atoms with van der Waals surface area (Å²) in [4.78, 5) is 16.1. The smallest absolute Gasteiger partial charge is 0.244 e. The molecule has 1 aliphatic heterocycles. The van der Waals surface area contributed by atoms with Crippen LogP contribution in [-0.4, -0.2) is 54.7 Å². The van der Waals surface area contributed by atoms with Gasteiger partial charge >= 0.3 is 0 Å². The standard InChI is InChI=1S/C32H34N2O4S2/c1-33(24-29-13-8-21-38-29)19-18-28(26-11-6-3-7-12-26)23-31(35)32-34(20-22-39-32)40(36,37)30-16-14-27(15-17-30)25-9-4-2-5-10-25/h2-17,21,28,32H,18-20,22-24H2,1H3/t28-,32+/m1/s1. The number of thioether (sulfide) groups is 1. The van der Waals surface area contributed by atoms with E-state index in [4.69, 9.17) is 4.42 Å². The lowest BCUT2D eigenvalue weighted by Gasteiger charge is -2.25. The molecular formula is C32H34N2O4S2. The summed E-state index contributed by atoms with van der Waals surface area (Å²) in [5, 5.41) is -0.717. The van der Waals surface area contributed by atoms with E-state index >= 15 is 0 Å². The first kappa shape index (κ1) is 28.4. The highest BCUT2D eigenvalue weighted by Crippen LogP contribution is 2.35. The van der Waals surface area contributed by atoms with Crippen molar-refractivity contribution in [2.24, 2.45) is 0 Å². The van der Waals surface area contributed by atoms with Crippen molar-refractivity contribution >= 4 is 27.6 Å². The molecule has 1 saturated heterocycles. The van der Waals surface area contributed by atoms with E-state index in [2.05, 4.69) is 17.0 Å². The molecule has 1 aromatic heterocycles. The van der Waals surface area contributed by atoms with E-state index in [0.29, 0.717) is 18.8 Å². The van der Waals surface area contributed by atoms with E-state index in [1.807, 2.05) is 79.8 Å². The van der Waals surface area contributed by atoms with Gasteiger partial charge in [-0.1, -0.05) is 72.8 Å². The van der Waals surface area contributed by atoms with Crippen LogP contribution in [0.2, 0.25) is 0 Å². The Hall–Kier alpha value is -3.17. The molecule has 0 amide bonds. The van der Waals surface area contributed by atoms with Gasteiger partial charge in [-0.2, -0.15) is 4.31 Å². The lowest BCUT2D eigenvalue weighted by Crippen LogP contribution is -2.40. The molecule has 3 aromatic carbocycles. The van der Waals surface area contributed by atoms with E-state index < -0.39 is 15.4 Å². The number of sulfonamides is 1. The lowest BCUT2D eigenvalue weighted by atomic mass is 9.90. The van der Waals surface area contributed by atoms with Crippen LogP contribution in [0.4, 0.5) is 0 Å². The van der Waals surface area contributed by atoms with Crippen LogP contribution < -0.4 is 0 Å². The van der Waals surface area contributed by atoms with E-state index in [1.165, 1.54) is 16.1 Å². The van der Waals surface area contributed by atoms with E-state index in [0.717, 1.165) is 35.4 Å². The van der Waals surface area contributed by atoms with Crippen molar-refractivity contribution in [2.45, 2.75) is 35.6 Å². The maximum absolute atomic E-state index is 13.7.